The van der Waals surface area contributed by atoms with Crippen molar-refractivity contribution in [1.82, 2.24) is 15.5 Å². The molecule has 0 bridgehead atoms. The molecule has 0 aliphatic rings. The molecule has 4 rings (SSSR count). The molecule has 6 nitrogen and oxygen atoms in total. The van der Waals surface area contributed by atoms with Crippen molar-refractivity contribution in [3.05, 3.63) is 90.0 Å². The Kier molecular flexibility index (Phi) is 5.85. The Morgan fingerprint density at radius 2 is 1.73 bits per heavy atom. The van der Waals surface area contributed by atoms with Crippen LogP contribution in [0.1, 0.15) is 11.1 Å². The molecule has 1 amide bonds. The smallest absolute Gasteiger partial charge is 0.258 e. The molecule has 0 unspecified atom stereocenters. The minimum atomic E-state index is -0.190. The Hall–Kier alpha value is -3.93. The molecule has 150 valence electrons. The minimum Gasteiger partial charge on any atom is -0.484 e. The van der Waals surface area contributed by atoms with Crippen molar-refractivity contribution in [2.24, 2.45) is 0 Å². The summed E-state index contributed by atoms with van der Waals surface area (Å²) in [6.45, 7) is 2.42. The Morgan fingerprint density at radius 3 is 2.53 bits per heavy atom. The zero-order valence-corrected chi connectivity index (χ0v) is 16.5. The number of rotatable bonds is 7. The number of aryl methyl sites for hydroxylation is 1. The van der Waals surface area contributed by atoms with Crippen molar-refractivity contribution in [3.63, 3.8) is 0 Å². The first kappa shape index (κ1) is 19.4. The fourth-order valence-electron chi connectivity index (χ4n) is 2.87. The molecule has 3 aromatic carbocycles. The van der Waals surface area contributed by atoms with Gasteiger partial charge in [-0.15, -0.1) is 0 Å². The number of hydrogen-bond donors (Lipinski definition) is 1. The van der Waals surface area contributed by atoms with Crippen LogP contribution in [0.5, 0.6) is 5.75 Å². The van der Waals surface area contributed by atoms with Gasteiger partial charge in [-0.3, -0.25) is 4.79 Å². The van der Waals surface area contributed by atoms with Gasteiger partial charge in [-0.05, 0) is 30.7 Å². The van der Waals surface area contributed by atoms with E-state index in [0.717, 1.165) is 16.7 Å². The summed E-state index contributed by atoms with van der Waals surface area (Å²) in [5, 5.41) is 6.89. The van der Waals surface area contributed by atoms with Crippen LogP contribution in [0, 0.1) is 6.92 Å². The highest BCUT2D eigenvalue weighted by Gasteiger charge is 2.11. The molecule has 0 fully saturated rings. The van der Waals surface area contributed by atoms with Crippen LogP contribution >= 0.6 is 0 Å². The molecule has 30 heavy (non-hydrogen) atoms. The zero-order valence-electron chi connectivity index (χ0n) is 16.5. The summed E-state index contributed by atoms with van der Waals surface area (Å²) in [6, 6.07) is 24.9. The van der Waals surface area contributed by atoms with E-state index in [1.54, 1.807) is 12.1 Å². The quantitative estimate of drug-likeness (QED) is 0.498. The fourth-order valence-corrected chi connectivity index (χ4v) is 2.87. The first-order chi connectivity index (χ1) is 14.7. The van der Waals surface area contributed by atoms with E-state index < -0.39 is 0 Å². The number of carbonyl (C=O) groups excluding carboxylic acids is 1. The number of aromatic nitrogens is 2. The van der Waals surface area contributed by atoms with Crippen molar-refractivity contribution < 1.29 is 14.1 Å². The number of hydrogen-bond acceptors (Lipinski definition) is 5. The van der Waals surface area contributed by atoms with Crippen molar-refractivity contribution in [2.75, 3.05) is 6.61 Å². The van der Waals surface area contributed by atoms with Crippen LogP contribution in [-0.2, 0) is 11.3 Å². The van der Waals surface area contributed by atoms with E-state index in [1.807, 2.05) is 73.7 Å². The lowest BCUT2D eigenvalue weighted by Crippen LogP contribution is -2.28. The molecule has 0 saturated heterocycles. The Labute approximate surface area is 174 Å². The Morgan fingerprint density at radius 1 is 0.967 bits per heavy atom. The predicted octanol–water partition coefficient (Wildman–Crippen LogP) is 4.41. The van der Waals surface area contributed by atoms with Crippen LogP contribution in [0.25, 0.3) is 22.8 Å². The molecular formula is C24H21N3O3. The molecule has 6 heteroatoms. The third-order valence-electron chi connectivity index (χ3n) is 4.52. The molecule has 1 aromatic heterocycles. The summed E-state index contributed by atoms with van der Waals surface area (Å²) < 4.78 is 11.0. The summed E-state index contributed by atoms with van der Waals surface area (Å²) in [5.41, 5.74) is 3.83. The van der Waals surface area contributed by atoms with E-state index in [9.17, 15) is 4.79 Å². The summed E-state index contributed by atoms with van der Waals surface area (Å²) in [7, 11) is 0. The fraction of sp³-hybridized carbons (Fsp3) is 0.125. The molecule has 0 spiro atoms. The van der Waals surface area contributed by atoms with Crippen LogP contribution in [0.15, 0.2) is 83.4 Å². The third kappa shape index (κ3) is 4.91. The molecular weight excluding hydrogens is 378 g/mol. The molecule has 0 radical (unpaired) electrons. The largest absolute Gasteiger partial charge is 0.484 e. The maximum atomic E-state index is 12.1. The van der Waals surface area contributed by atoms with E-state index in [1.165, 1.54) is 5.56 Å². The lowest BCUT2D eigenvalue weighted by molar-refractivity contribution is -0.123. The monoisotopic (exact) mass is 399 g/mol. The van der Waals surface area contributed by atoms with Gasteiger partial charge in [0.2, 0.25) is 5.82 Å². The van der Waals surface area contributed by atoms with E-state index in [4.69, 9.17) is 9.26 Å². The maximum Gasteiger partial charge on any atom is 0.258 e. The topological polar surface area (TPSA) is 77.2 Å². The second-order valence-corrected chi connectivity index (χ2v) is 6.87. The first-order valence-corrected chi connectivity index (χ1v) is 9.62. The maximum absolute atomic E-state index is 12.1. The van der Waals surface area contributed by atoms with Gasteiger partial charge in [0.05, 0.1) is 0 Å². The normalized spacial score (nSPS) is 10.6. The van der Waals surface area contributed by atoms with Gasteiger partial charge in [0.1, 0.15) is 5.75 Å². The van der Waals surface area contributed by atoms with Gasteiger partial charge in [-0.1, -0.05) is 71.4 Å². The second kappa shape index (κ2) is 9.05. The number of ether oxygens (including phenoxy) is 1. The van der Waals surface area contributed by atoms with Crippen molar-refractivity contribution in [3.8, 4) is 28.6 Å². The summed E-state index contributed by atoms with van der Waals surface area (Å²) in [6.07, 6.45) is 0. The summed E-state index contributed by atoms with van der Waals surface area (Å²) in [4.78, 5) is 16.5. The number of nitrogens with zero attached hydrogens (tertiary/aromatic N) is 2. The highest BCUT2D eigenvalue weighted by molar-refractivity contribution is 5.77. The van der Waals surface area contributed by atoms with Crippen LogP contribution in [0.3, 0.4) is 0 Å². The SMILES string of the molecule is Cc1ccc(CNC(=O)COc2cccc(-c3nc(-c4ccccc4)no3)c2)cc1. The second-order valence-electron chi connectivity index (χ2n) is 6.87. The van der Waals surface area contributed by atoms with Crippen molar-refractivity contribution in [1.29, 1.82) is 0 Å². The van der Waals surface area contributed by atoms with Crippen molar-refractivity contribution in [2.45, 2.75) is 13.5 Å². The number of benzene rings is 3. The first-order valence-electron chi connectivity index (χ1n) is 9.62. The van der Waals surface area contributed by atoms with Gasteiger partial charge >= 0.3 is 0 Å². The minimum absolute atomic E-state index is 0.0750. The van der Waals surface area contributed by atoms with Crippen LogP contribution in [0.2, 0.25) is 0 Å². The molecule has 1 N–H and O–H groups in total. The van der Waals surface area contributed by atoms with Gasteiger partial charge in [0, 0.05) is 17.7 Å². The summed E-state index contributed by atoms with van der Waals surface area (Å²) >= 11 is 0. The van der Waals surface area contributed by atoms with Crippen molar-refractivity contribution >= 4 is 5.91 Å². The average Bonchev–Trinajstić information content (AvgIpc) is 3.29. The third-order valence-corrected chi connectivity index (χ3v) is 4.52. The highest BCUT2D eigenvalue weighted by atomic mass is 16.5. The predicted molar refractivity (Wildman–Crippen MR) is 114 cm³/mol. The highest BCUT2D eigenvalue weighted by Crippen LogP contribution is 2.25. The van der Waals surface area contributed by atoms with Crippen LogP contribution in [0.4, 0.5) is 0 Å². The number of nitrogens with one attached hydrogen (secondary N) is 1. The van der Waals surface area contributed by atoms with E-state index >= 15 is 0 Å². The molecule has 0 aliphatic heterocycles. The lowest BCUT2D eigenvalue weighted by atomic mass is 10.1. The molecule has 0 atom stereocenters. The Balaban J connectivity index is 1.35. The van der Waals surface area contributed by atoms with Gasteiger partial charge in [-0.25, -0.2) is 0 Å². The van der Waals surface area contributed by atoms with Gasteiger partial charge in [-0.2, -0.15) is 4.98 Å². The van der Waals surface area contributed by atoms with Gasteiger partial charge in [0.15, 0.2) is 6.61 Å². The summed E-state index contributed by atoms with van der Waals surface area (Å²) in [5.74, 6) is 1.28. The lowest BCUT2D eigenvalue weighted by Gasteiger charge is -2.08. The van der Waals surface area contributed by atoms with E-state index in [2.05, 4.69) is 15.5 Å². The van der Waals surface area contributed by atoms with Gasteiger partial charge < -0.3 is 14.6 Å². The zero-order chi connectivity index (χ0) is 20.8. The Bertz CT molecular complexity index is 1120. The standard InChI is InChI=1S/C24H21N3O3/c1-17-10-12-18(13-11-17)15-25-22(28)16-29-21-9-5-8-20(14-21)24-26-23(27-30-24)19-6-3-2-4-7-19/h2-14H,15-16H2,1H3,(H,25,28). The van der Waals surface area contributed by atoms with Crippen LogP contribution in [-0.4, -0.2) is 22.7 Å². The molecule has 0 aliphatic carbocycles. The molecule has 4 aromatic rings. The average molecular weight is 399 g/mol. The number of amides is 1. The van der Waals surface area contributed by atoms with E-state index in [-0.39, 0.29) is 12.5 Å². The van der Waals surface area contributed by atoms with Gasteiger partial charge in [0.25, 0.3) is 11.8 Å². The van der Waals surface area contributed by atoms with E-state index in [0.29, 0.717) is 24.0 Å². The molecule has 1 heterocycles. The number of carbonyl (C=O) groups is 1. The molecule has 0 saturated carbocycles. The van der Waals surface area contributed by atoms with Crippen LogP contribution < -0.4 is 10.1 Å².